The summed E-state index contributed by atoms with van der Waals surface area (Å²) in [6.45, 7) is 7.98. The van der Waals surface area contributed by atoms with Gasteiger partial charge in [0.15, 0.2) is 0 Å². The molecule has 12 nitrogen and oxygen atoms in total. The molecule has 1 aliphatic carbocycles. The predicted octanol–water partition coefficient (Wildman–Crippen LogP) is 3.15. The van der Waals surface area contributed by atoms with Crippen LogP contribution in [0.15, 0.2) is 12.1 Å². The number of aliphatic hydroxyl groups is 1. The van der Waals surface area contributed by atoms with E-state index in [0.717, 1.165) is 24.3 Å². The number of aromatic hydroxyl groups is 1. The van der Waals surface area contributed by atoms with Crippen molar-refractivity contribution in [3.05, 3.63) is 42.5 Å². The normalized spacial score (nSPS) is 20.9. The Labute approximate surface area is 173 Å². The van der Waals surface area contributed by atoms with Crippen LogP contribution in [-0.4, -0.2) is 44.2 Å². The molecule has 0 saturated heterocycles. The van der Waals surface area contributed by atoms with Gasteiger partial charge in [-0.2, -0.15) is 0 Å². The van der Waals surface area contributed by atoms with Crippen LogP contribution in [0.3, 0.4) is 0 Å². The molecule has 12 heteroatoms. The second kappa shape index (κ2) is 11.4. The summed E-state index contributed by atoms with van der Waals surface area (Å²) in [5.74, 6) is 1.21. The number of phenols is 1. The Morgan fingerprint density at radius 1 is 1.07 bits per heavy atom. The molecule has 0 spiro atoms. The summed E-state index contributed by atoms with van der Waals surface area (Å²) >= 11 is 0. The quantitative estimate of drug-likeness (QED) is 0.434. The number of nitro benzene ring substituents is 3. The molecule has 0 amide bonds. The second-order valence-electron chi connectivity index (χ2n) is 7.71. The van der Waals surface area contributed by atoms with E-state index < -0.39 is 37.6 Å². The smallest absolute Gasteiger partial charge is 0.324 e. The fourth-order valence-electron chi connectivity index (χ4n) is 3.66. The van der Waals surface area contributed by atoms with Crippen LogP contribution < -0.4 is 5.32 Å². The first-order valence-electron chi connectivity index (χ1n) is 9.63. The molecular weight excluding hydrogens is 400 g/mol. The van der Waals surface area contributed by atoms with Gasteiger partial charge in [-0.1, -0.05) is 27.2 Å². The first-order chi connectivity index (χ1) is 14.0. The van der Waals surface area contributed by atoms with Gasteiger partial charge >= 0.3 is 11.4 Å². The van der Waals surface area contributed by atoms with Gasteiger partial charge in [0.1, 0.15) is 0 Å². The molecule has 30 heavy (non-hydrogen) atoms. The summed E-state index contributed by atoms with van der Waals surface area (Å²) in [4.78, 5) is 27.8. The van der Waals surface area contributed by atoms with E-state index >= 15 is 0 Å². The zero-order valence-electron chi connectivity index (χ0n) is 17.2. The number of non-ortho nitro benzene ring substituents is 1. The zero-order chi connectivity index (χ0) is 23.0. The lowest BCUT2D eigenvalue weighted by molar-refractivity contribution is -0.404. The highest BCUT2D eigenvalue weighted by molar-refractivity contribution is 5.64. The van der Waals surface area contributed by atoms with Crippen molar-refractivity contribution in [3.8, 4) is 5.75 Å². The largest absolute Gasteiger partial charge is 0.497 e. The third kappa shape index (κ3) is 6.88. The number of hydrogen-bond acceptors (Lipinski definition) is 9. The highest BCUT2D eigenvalue weighted by atomic mass is 16.6. The molecular formula is C18H28N4O8. The number of nitrogens with one attached hydrogen (secondary N) is 1. The van der Waals surface area contributed by atoms with Crippen LogP contribution in [0.2, 0.25) is 0 Å². The Kier molecular flexibility index (Phi) is 9.53. The zero-order valence-corrected chi connectivity index (χ0v) is 17.2. The van der Waals surface area contributed by atoms with Crippen LogP contribution in [0.25, 0.3) is 0 Å². The molecule has 3 unspecified atom stereocenters. The van der Waals surface area contributed by atoms with Crippen molar-refractivity contribution in [3.63, 3.8) is 0 Å². The summed E-state index contributed by atoms with van der Waals surface area (Å²) in [5.41, 5.74) is -3.00. The highest BCUT2D eigenvalue weighted by Gasteiger charge is 2.31. The first kappa shape index (κ1) is 25.2. The lowest BCUT2D eigenvalue weighted by Gasteiger charge is -2.37. The molecule has 0 bridgehead atoms. The SMILES string of the molecule is CC1CCC(C(C)C)C(NCCO)C1.O=[N+]([O-])c1cc([N+](=O)[O-])c(O)c([N+](=O)[O-])c1. The van der Waals surface area contributed by atoms with E-state index in [1.807, 2.05) is 0 Å². The average Bonchev–Trinajstić information content (AvgIpc) is 2.66. The Morgan fingerprint density at radius 3 is 2.00 bits per heavy atom. The van der Waals surface area contributed by atoms with E-state index in [9.17, 15) is 30.3 Å². The van der Waals surface area contributed by atoms with Gasteiger partial charge in [0.2, 0.25) is 0 Å². The van der Waals surface area contributed by atoms with E-state index in [1.165, 1.54) is 19.3 Å². The summed E-state index contributed by atoms with van der Waals surface area (Å²) in [5, 5.41) is 52.5. The van der Waals surface area contributed by atoms with Crippen molar-refractivity contribution in [1.82, 2.24) is 5.32 Å². The summed E-state index contributed by atoms with van der Waals surface area (Å²) < 4.78 is 0. The molecule has 1 saturated carbocycles. The van der Waals surface area contributed by atoms with Crippen LogP contribution >= 0.6 is 0 Å². The molecule has 3 N–H and O–H groups in total. The summed E-state index contributed by atoms with van der Waals surface area (Å²) in [6.07, 6.45) is 4.00. The monoisotopic (exact) mass is 428 g/mol. The average molecular weight is 428 g/mol. The van der Waals surface area contributed by atoms with Gasteiger partial charge in [0, 0.05) is 12.6 Å². The highest BCUT2D eigenvalue weighted by Crippen LogP contribution is 2.39. The van der Waals surface area contributed by atoms with Crippen molar-refractivity contribution in [2.75, 3.05) is 13.2 Å². The van der Waals surface area contributed by atoms with Crippen LogP contribution in [0.1, 0.15) is 40.0 Å². The molecule has 168 valence electrons. The molecule has 0 aliphatic heterocycles. The maximum absolute atomic E-state index is 10.4. The number of nitro groups is 3. The maximum atomic E-state index is 10.4. The van der Waals surface area contributed by atoms with Crippen molar-refractivity contribution < 1.29 is 25.0 Å². The van der Waals surface area contributed by atoms with Crippen molar-refractivity contribution in [1.29, 1.82) is 0 Å². The molecule has 2 rings (SSSR count). The van der Waals surface area contributed by atoms with E-state index in [-0.39, 0.29) is 6.61 Å². The van der Waals surface area contributed by atoms with E-state index in [2.05, 4.69) is 26.1 Å². The third-order valence-corrected chi connectivity index (χ3v) is 5.20. The Bertz CT molecular complexity index is 736. The molecule has 1 aliphatic rings. The van der Waals surface area contributed by atoms with Crippen molar-refractivity contribution >= 4 is 17.1 Å². The number of nitrogens with zero attached hydrogens (tertiary/aromatic N) is 3. The van der Waals surface area contributed by atoms with Gasteiger partial charge in [0.05, 0.1) is 33.5 Å². The minimum Gasteiger partial charge on any atom is -0.497 e. The molecule has 1 aromatic carbocycles. The summed E-state index contributed by atoms with van der Waals surface area (Å²) in [7, 11) is 0. The van der Waals surface area contributed by atoms with Gasteiger partial charge in [-0.15, -0.1) is 0 Å². The maximum Gasteiger partial charge on any atom is 0.324 e. The Hall–Kier alpha value is -2.86. The lowest BCUT2D eigenvalue weighted by atomic mass is 9.74. The molecule has 0 aromatic heterocycles. The standard InChI is InChI=1S/C12H25NO.C6H3N3O7/c1-9(2)11-5-4-10(3)8-12(11)13-6-7-14;10-6-4(8(13)14)1-3(7(11)12)2-5(6)9(15)16/h9-14H,4-8H2,1-3H3;1-2,10H. The second-order valence-corrected chi connectivity index (χ2v) is 7.71. The predicted molar refractivity (Wildman–Crippen MR) is 108 cm³/mol. The molecule has 1 fully saturated rings. The van der Waals surface area contributed by atoms with Gasteiger partial charge in [-0.05, 0) is 30.6 Å². The fraction of sp³-hybridized carbons (Fsp3) is 0.667. The van der Waals surface area contributed by atoms with E-state index in [1.54, 1.807) is 0 Å². The molecule has 0 heterocycles. The molecule has 1 aromatic rings. The minimum absolute atomic E-state index is 0.260. The third-order valence-electron chi connectivity index (χ3n) is 5.20. The van der Waals surface area contributed by atoms with Crippen LogP contribution in [0.4, 0.5) is 17.1 Å². The fourth-order valence-corrected chi connectivity index (χ4v) is 3.66. The van der Waals surface area contributed by atoms with Crippen molar-refractivity contribution in [2.45, 2.75) is 46.1 Å². The Morgan fingerprint density at radius 2 is 1.60 bits per heavy atom. The van der Waals surface area contributed by atoms with Crippen molar-refractivity contribution in [2.24, 2.45) is 17.8 Å². The first-order valence-corrected chi connectivity index (χ1v) is 9.63. The van der Waals surface area contributed by atoms with Gasteiger partial charge < -0.3 is 15.5 Å². The van der Waals surface area contributed by atoms with Crippen LogP contribution in [0.5, 0.6) is 5.75 Å². The van der Waals surface area contributed by atoms with Crippen LogP contribution in [-0.2, 0) is 0 Å². The number of rotatable bonds is 7. The Balaban J connectivity index is 0.000000303. The van der Waals surface area contributed by atoms with E-state index in [0.29, 0.717) is 18.2 Å². The number of hydrogen-bond donors (Lipinski definition) is 3. The van der Waals surface area contributed by atoms with Gasteiger partial charge in [0.25, 0.3) is 11.4 Å². The summed E-state index contributed by atoms with van der Waals surface area (Å²) in [6, 6.07) is 1.52. The molecule has 3 atom stereocenters. The number of aliphatic hydroxyl groups excluding tert-OH is 1. The lowest BCUT2D eigenvalue weighted by Crippen LogP contribution is -2.43. The minimum atomic E-state index is -1.21. The van der Waals surface area contributed by atoms with Crippen LogP contribution in [0, 0.1) is 48.1 Å². The van der Waals surface area contributed by atoms with Gasteiger partial charge in [-0.25, -0.2) is 0 Å². The van der Waals surface area contributed by atoms with Gasteiger partial charge in [-0.3, -0.25) is 30.3 Å². The number of phenolic OH excluding ortho intramolecular Hbond substituents is 1. The number of benzene rings is 1. The molecule has 0 radical (unpaired) electrons. The topological polar surface area (TPSA) is 182 Å². The van der Waals surface area contributed by atoms with E-state index in [4.69, 9.17) is 10.2 Å².